The Hall–Kier alpha value is -1.91. The minimum atomic E-state index is -2.56. The van der Waals surface area contributed by atoms with Crippen LogP contribution in [0.15, 0.2) is 36.8 Å². The molecule has 84 valence electrons. The van der Waals surface area contributed by atoms with Crippen molar-refractivity contribution in [1.82, 2.24) is 9.55 Å². The van der Waals surface area contributed by atoms with Crippen LogP contribution in [0.3, 0.4) is 0 Å². The van der Waals surface area contributed by atoms with Crippen molar-refractivity contribution >= 4 is 0 Å². The summed E-state index contributed by atoms with van der Waals surface area (Å²) < 4.78 is 31.4. The van der Waals surface area contributed by atoms with Crippen LogP contribution in [0.5, 0.6) is 5.75 Å². The minimum absolute atomic E-state index is 0.245. The van der Waals surface area contributed by atoms with E-state index in [1.165, 1.54) is 24.2 Å². The van der Waals surface area contributed by atoms with E-state index in [1.54, 1.807) is 18.2 Å². The van der Waals surface area contributed by atoms with Gasteiger partial charge in [0.25, 0.3) is 6.43 Å². The van der Waals surface area contributed by atoms with Crippen LogP contribution in [0.4, 0.5) is 8.78 Å². The SMILES string of the molecule is COc1ccccc1-n1cnc(C(F)F)c1. The maximum atomic E-state index is 12.4. The first-order chi connectivity index (χ1) is 7.72. The van der Waals surface area contributed by atoms with Crippen LogP contribution in [0.1, 0.15) is 12.1 Å². The van der Waals surface area contributed by atoms with E-state index in [2.05, 4.69) is 4.98 Å². The molecular weight excluding hydrogens is 214 g/mol. The first kappa shape index (κ1) is 10.6. The molecule has 0 bridgehead atoms. The minimum Gasteiger partial charge on any atom is -0.495 e. The first-order valence-corrected chi connectivity index (χ1v) is 4.68. The first-order valence-electron chi connectivity index (χ1n) is 4.68. The molecule has 0 saturated carbocycles. The average molecular weight is 224 g/mol. The number of methoxy groups -OCH3 is 1. The monoisotopic (exact) mass is 224 g/mol. The molecule has 0 fully saturated rings. The van der Waals surface area contributed by atoms with Gasteiger partial charge in [0.05, 0.1) is 19.1 Å². The molecule has 0 amide bonds. The number of para-hydroxylation sites is 2. The van der Waals surface area contributed by atoms with Gasteiger partial charge in [-0.05, 0) is 12.1 Å². The summed E-state index contributed by atoms with van der Waals surface area (Å²) >= 11 is 0. The average Bonchev–Trinajstić information content (AvgIpc) is 2.78. The zero-order chi connectivity index (χ0) is 11.5. The summed E-state index contributed by atoms with van der Waals surface area (Å²) in [5.74, 6) is 0.612. The van der Waals surface area contributed by atoms with Gasteiger partial charge in [0.1, 0.15) is 11.4 Å². The predicted molar refractivity (Wildman–Crippen MR) is 55.1 cm³/mol. The van der Waals surface area contributed by atoms with Crippen LogP contribution in [-0.4, -0.2) is 16.7 Å². The number of alkyl halides is 2. The summed E-state index contributed by atoms with van der Waals surface area (Å²) in [4.78, 5) is 3.62. The summed E-state index contributed by atoms with van der Waals surface area (Å²) in [5.41, 5.74) is 0.440. The van der Waals surface area contributed by atoms with Crippen molar-refractivity contribution in [2.45, 2.75) is 6.43 Å². The Bertz CT molecular complexity index is 482. The standard InChI is InChI=1S/C11H10F2N2O/c1-16-10-5-3-2-4-9(10)15-6-8(11(12)13)14-7-15/h2-7,11H,1H3. The molecule has 0 aliphatic carbocycles. The van der Waals surface area contributed by atoms with Gasteiger partial charge >= 0.3 is 0 Å². The normalized spacial score (nSPS) is 10.8. The van der Waals surface area contributed by atoms with Crippen LogP contribution < -0.4 is 4.74 Å². The molecule has 0 atom stereocenters. The van der Waals surface area contributed by atoms with Crippen molar-refractivity contribution < 1.29 is 13.5 Å². The second-order valence-electron chi connectivity index (χ2n) is 3.18. The summed E-state index contributed by atoms with van der Waals surface area (Å²) in [6, 6.07) is 7.15. The fourth-order valence-corrected chi connectivity index (χ4v) is 1.43. The van der Waals surface area contributed by atoms with Gasteiger partial charge in [-0.25, -0.2) is 13.8 Å². The van der Waals surface area contributed by atoms with Gasteiger partial charge in [-0.2, -0.15) is 0 Å². The molecule has 2 aromatic rings. The molecule has 0 aliphatic rings. The topological polar surface area (TPSA) is 27.1 Å². The van der Waals surface area contributed by atoms with Crippen LogP contribution in [0.2, 0.25) is 0 Å². The maximum absolute atomic E-state index is 12.4. The summed E-state index contributed by atoms with van der Waals surface area (Å²) in [7, 11) is 1.53. The number of rotatable bonds is 3. The van der Waals surface area contributed by atoms with Crippen LogP contribution in [0, 0.1) is 0 Å². The van der Waals surface area contributed by atoms with Crippen LogP contribution in [-0.2, 0) is 0 Å². The Morgan fingerprint density at radius 3 is 2.69 bits per heavy atom. The smallest absolute Gasteiger partial charge is 0.281 e. The molecule has 2 rings (SSSR count). The van der Waals surface area contributed by atoms with Crippen molar-refractivity contribution in [3.63, 3.8) is 0 Å². The van der Waals surface area contributed by atoms with Crippen LogP contribution >= 0.6 is 0 Å². The van der Waals surface area contributed by atoms with E-state index in [1.807, 2.05) is 6.07 Å². The predicted octanol–water partition coefficient (Wildman–Crippen LogP) is 2.82. The highest BCUT2D eigenvalue weighted by Crippen LogP contribution is 2.24. The molecule has 0 aliphatic heterocycles. The van der Waals surface area contributed by atoms with Gasteiger partial charge in [0.2, 0.25) is 0 Å². The van der Waals surface area contributed by atoms with E-state index in [0.717, 1.165) is 0 Å². The van der Waals surface area contributed by atoms with E-state index in [4.69, 9.17) is 4.74 Å². The Morgan fingerprint density at radius 1 is 1.31 bits per heavy atom. The lowest BCUT2D eigenvalue weighted by Crippen LogP contribution is -1.94. The number of imidazole rings is 1. The Kier molecular flexibility index (Phi) is 2.85. The fraction of sp³-hybridized carbons (Fsp3) is 0.182. The van der Waals surface area contributed by atoms with Crippen molar-refractivity contribution in [3.05, 3.63) is 42.5 Å². The molecule has 1 heterocycles. The second kappa shape index (κ2) is 4.30. The third kappa shape index (κ3) is 1.88. The molecule has 0 radical (unpaired) electrons. The highest BCUT2D eigenvalue weighted by atomic mass is 19.3. The third-order valence-corrected chi connectivity index (χ3v) is 2.19. The number of ether oxygens (including phenoxy) is 1. The van der Waals surface area contributed by atoms with E-state index in [9.17, 15) is 8.78 Å². The van der Waals surface area contributed by atoms with Gasteiger partial charge < -0.3 is 9.30 Å². The molecule has 5 heteroatoms. The molecule has 1 aromatic carbocycles. The third-order valence-electron chi connectivity index (χ3n) is 2.19. The van der Waals surface area contributed by atoms with E-state index in [0.29, 0.717) is 11.4 Å². The molecule has 0 N–H and O–H groups in total. The number of nitrogens with zero attached hydrogens (tertiary/aromatic N) is 2. The van der Waals surface area contributed by atoms with Gasteiger partial charge in [-0.1, -0.05) is 12.1 Å². The number of hydrogen-bond acceptors (Lipinski definition) is 2. The lowest BCUT2D eigenvalue weighted by atomic mass is 10.3. The Balaban J connectivity index is 2.42. The summed E-state index contributed by atoms with van der Waals surface area (Å²) in [6.07, 6.45) is 0.0814. The van der Waals surface area contributed by atoms with Crippen LogP contribution in [0.25, 0.3) is 5.69 Å². The number of halogens is 2. The molecule has 0 spiro atoms. The molecular formula is C11H10F2N2O. The molecule has 16 heavy (non-hydrogen) atoms. The van der Waals surface area contributed by atoms with E-state index in [-0.39, 0.29) is 5.69 Å². The number of aromatic nitrogens is 2. The van der Waals surface area contributed by atoms with Gasteiger partial charge in [0.15, 0.2) is 0 Å². The quantitative estimate of drug-likeness (QED) is 0.801. The summed E-state index contributed by atoms with van der Waals surface area (Å²) in [6.45, 7) is 0. The Labute approximate surface area is 91.3 Å². The van der Waals surface area contributed by atoms with Gasteiger partial charge in [-0.3, -0.25) is 0 Å². The fourth-order valence-electron chi connectivity index (χ4n) is 1.43. The maximum Gasteiger partial charge on any atom is 0.281 e. The van der Waals surface area contributed by atoms with Gasteiger partial charge in [0, 0.05) is 6.20 Å². The molecule has 0 unspecified atom stereocenters. The Morgan fingerprint density at radius 2 is 2.06 bits per heavy atom. The van der Waals surface area contributed by atoms with Crippen molar-refractivity contribution in [2.24, 2.45) is 0 Å². The molecule has 3 nitrogen and oxygen atoms in total. The largest absolute Gasteiger partial charge is 0.495 e. The molecule has 1 aromatic heterocycles. The zero-order valence-electron chi connectivity index (χ0n) is 8.60. The summed E-state index contributed by atoms with van der Waals surface area (Å²) in [5, 5.41) is 0. The zero-order valence-corrected chi connectivity index (χ0v) is 8.60. The van der Waals surface area contributed by atoms with Crippen molar-refractivity contribution in [3.8, 4) is 11.4 Å². The second-order valence-corrected chi connectivity index (χ2v) is 3.18. The number of benzene rings is 1. The highest BCUT2D eigenvalue weighted by Gasteiger charge is 2.12. The van der Waals surface area contributed by atoms with Gasteiger partial charge in [-0.15, -0.1) is 0 Å². The lowest BCUT2D eigenvalue weighted by molar-refractivity contribution is 0.146. The number of hydrogen-bond donors (Lipinski definition) is 0. The van der Waals surface area contributed by atoms with Crippen molar-refractivity contribution in [1.29, 1.82) is 0 Å². The lowest BCUT2D eigenvalue weighted by Gasteiger charge is -2.07. The van der Waals surface area contributed by atoms with E-state index >= 15 is 0 Å². The van der Waals surface area contributed by atoms with E-state index < -0.39 is 6.43 Å². The molecule has 0 saturated heterocycles. The highest BCUT2D eigenvalue weighted by molar-refractivity contribution is 5.46. The van der Waals surface area contributed by atoms with Crippen molar-refractivity contribution in [2.75, 3.05) is 7.11 Å².